The summed E-state index contributed by atoms with van der Waals surface area (Å²) in [5, 5.41) is 4.75. The molecule has 0 unspecified atom stereocenters. The lowest BCUT2D eigenvalue weighted by atomic mass is 10.1. The normalized spacial score (nSPS) is 11.4. The zero-order valence-corrected chi connectivity index (χ0v) is 19.8. The van der Waals surface area contributed by atoms with E-state index in [0.717, 1.165) is 22.9 Å². The first-order valence-electron chi connectivity index (χ1n) is 10.6. The summed E-state index contributed by atoms with van der Waals surface area (Å²) in [6, 6.07) is 15.9. The van der Waals surface area contributed by atoms with Crippen LogP contribution >= 0.6 is 15.9 Å². The second kappa shape index (κ2) is 9.95. The van der Waals surface area contributed by atoms with Crippen LogP contribution in [0.3, 0.4) is 0 Å². The number of carbonyl (C=O) groups is 1. The van der Waals surface area contributed by atoms with Gasteiger partial charge in [-0.05, 0) is 55.8 Å². The maximum atomic E-state index is 12.8. The summed E-state index contributed by atoms with van der Waals surface area (Å²) in [6.45, 7) is 4.19. The molecule has 2 aromatic heterocycles. The van der Waals surface area contributed by atoms with Crippen molar-refractivity contribution in [2.75, 3.05) is 6.61 Å². The van der Waals surface area contributed by atoms with Crippen molar-refractivity contribution in [2.24, 2.45) is 5.10 Å². The summed E-state index contributed by atoms with van der Waals surface area (Å²) in [5.74, 6) is 1.24. The van der Waals surface area contributed by atoms with Crippen molar-refractivity contribution in [3.05, 3.63) is 86.6 Å². The average molecular weight is 508 g/mol. The Kier molecular flexibility index (Phi) is 6.84. The Labute approximate surface area is 198 Å². The monoisotopic (exact) mass is 507 g/mol. The van der Waals surface area contributed by atoms with Gasteiger partial charge in [-0.15, -0.1) is 0 Å². The van der Waals surface area contributed by atoms with Crippen molar-refractivity contribution >= 4 is 39.0 Å². The predicted molar refractivity (Wildman–Crippen MR) is 131 cm³/mol. The van der Waals surface area contributed by atoms with Gasteiger partial charge in [0.25, 0.3) is 5.56 Å². The first-order valence-corrected chi connectivity index (χ1v) is 11.4. The third-order valence-electron chi connectivity index (χ3n) is 5.03. The molecular formula is C25H22BrN3O4. The topological polar surface area (TPSA) is 86.7 Å². The van der Waals surface area contributed by atoms with Crippen LogP contribution in [0.25, 0.3) is 22.2 Å². The minimum Gasteiger partial charge on any atom is -0.462 e. The highest BCUT2D eigenvalue weighted by Crippen LogP contribution is 2.22. The lowest BCUT2D eigenvalue weighted by molar-refractivity contribution is 0.0499. The Bertz CT molecular complexity index is 1390. The van der Waals surface area contributed by atoms with Crippen molar-refractivity contribution in [1.29, 1.82) is 0 Å². The van der Waals surface area contributed by atoms with Crippen LogP contribution in [0.2, 0.25) is 0 Å². The van der Waals surface area contributed by atoms with E-state index in [1.54, 1.807) is 55.5 Å². The van der Waals surface area contributed by atoms with Crippen LogP contribution in [0.5, 0.6) is 0 Å². The molecule has 0 radical (unpaired) electrons. The van der Waals surface area contributed by atoms with Crippen LogP contribution in [-0.2, 0) is 4.74 Å². The van der Waals surface area contributed by atoms with E-state index in [-0.39, 0.29) is 11.5 Å². The van der Waals surface area contributed by atoms with Gasteiger partial charge in [0.05, 0.1) is 29.3 Å². The summed E-state index contributed by atoms with van der Waals surface area (Å²) in [5.41, 5.74) is 1.66. The molecule has 0 bridgehead atoms. The zero-order valence-electron chi connectivity index (χ0n) is 18.2. The fourth-order valence-electron chi connectivity index (χ4n) is 3.25. The summed E-state index contributed by atoms with van der Waals surface area (Å²) in [4.78, 5) is 29.3. The molecule has 0 spiro atoms. The molecule has 0 aliphatic rings. The van der Waals surface area contributed by atoms with Gasteiger partial charge in [-0.25, -0.2) is 9.78 Å². The summed E-state index contributed by atoms with van der Waals surface area (Å²) in [7, 11) is 0. The number of nitrogens with zero attached hydrogens (tertiary/aromatic N) is 3. The Balaban J connectivity index is 1.52. The summed E-state index contributed by atoms with van der Waals surface area (Å²) < 4.78 is 13.1. The largest absolute Gasteiger partial charge is 0.462 e. The molecule has 2 heterocycles. The van der Waals surface area contributed by atoms with Crippen LogP contribution in [0.4, 0.5) is 0 Å². The van der Waals surface area contributed by atoms with Crippen molar-refractivity contribution in [1.82, 2.24) is 9.66 Å². The highest BCUT2D eigenvalue weighted by Gasteiger charge is 2.10. The molecule has 0 amide bonds. The number of carbonyl (C=O) groups excluding carboxylic acids is 1. The van der Waals surface area contributed by atoms with E-state index in [1.165, 1.54) is 10.9 Å². The number of halogens is 1. The molecule has 33 heavy (non-hydrogen) atoms. The number of furan rings is 1. The molecule has 168 valence electrons. The van der Waals surface area contributed by atoms with Gasteiger partial charge >= 0.3 is 5.97 Å². The number of benzene rings is 2. The molecule has 0 fully saturated rings. The SMILES string of the molecule is CCCCOC(=O)c1ccc(-c2ccc(C=Nn3c(C)nc4ccc(Br)cc4c3=O)o2)cc1. The Morgan fingerprint density at radius 1 is 1.18 bits per heavy atom. The zero-order chi connectivity index (χ0) is 23.4. The van der Waals surface area contributed by atoms with Crippen LogP contribution in [-0.4, -0.2) is 28.5 Å². The van der Waals surface area contributed by atoms with Crippen LogP contribution < -0.4 is 5.56 Å². The molecule has 0 aliphatic heterocycles. The quantitative estimate of drug-likeness (QED) is 0.185. The number of hydrogen-bond donors (Lipinski definition) is 0. The van der Waals surface area contributed by atoms with Gasteiger partial charge in [0.2, 0.25) is 0 Å². The number of hydrogen-bond acceptors (Lipinski definition) is 6. The Morgan fingerprint density at radius 3 is 2.73 bits per heavy atom. The first-order chi connectivity index (χ1) is 16.0. The lowest BCUT2D eigenvalue weighted by Crippen LogP contribution is -2.20. The molecule has 2 aromatic carbocycles. The van der Waals surface area contributed by atoms with E-state index in [9.17, 15) is 9.59 Å². The molecule has 0 saturated heterocycles. The first kappa shape index (κ1) is 22.7. The van der Waals surface area contributed by atoms with Crippen LogP contribution in [0.1, 0.15) is 41.7 Å². The molecule has 8 heteroatoms. The molecule has 0 saturated carbocycles. The van der Waals surface area contributed by atoms with Gasteiger partial charge in [0.15, 0.2) is 0 Å². The fraction of sp³-hybridized carbons (Fsp3) is 0.200. The van der Waals surface area contributed by atoms with Gasteiger partial charge in [-0.3, -0.25) is 4.79 Å². The Morgan fingerprint density at radius 2 is 1.97 bits per heavy atom. The minimum absolute atomic E-state index is 0.261. The number of rotatable bonds is 7. The Hall–Kier alpha value is -3.52. The molecule has 0 atom stereocenters. The van der Waals surface area contributed by atoms with E-state index in [4.69, 9.17) is 9.15 Å². The number of fused-ring (bicyclic) bond motifs is 1. The molecule has 4 aromatic rings. The average Bonchev–Trinajstić information content (AvgIpc) is 3.29. The third kappa shape index (κ3) is 5.12. The fourth-order valence-corrected chi connectivity index (χ4v) is 3.61. The number of unbranched alkanes of at least 4 members (excludes halogenated alkanes) is 1. The van der Waals surface area contributed by atoms with E-state index in [1.807, 2.05) is 13.0 Å². The lowest BCUT2D eigenvalue weighted by Gasteiger charge is -2.05. The molecule has 7 nitrogen and oxygen atoms in total. The smallest absolute Gasteiger partial charge is 0.338 e. The van der Waals surface area contributed by atoms with E-state index in [0.29, 0.717) is 40.4 Å². The molecular weight excluding hydrogens is 486 g/mol. The van der Waals surface area contributed by atoms with E-state index >= 15 is 0 Å². The second-order valence-corrected chi connectivity index (χ2v) is 8.37. The van der Waals surface area contributed by atoms with Crippen molar-refractivity contribution < 1.29 is 13.9 Å². The predicted octanol–water partition coefficient (Wildman–Crippen LogP) is 5.57. The standard InChI is InChI=1S/C25H22BrN3O4/c1-3-4-13-32-25(31)18-7-5-17(6-8-18)23-12-10-20(33-23)15-27-29-16(2)28-22-11-9-19(26)14-21(22)24(29)30/h5-12,14-15H,3-4,13H2,1-2H3. The third-order valence-corrected chi connectivity index (χ3v) is 5.53. The van der Waals surface area contributed by atoms with E-state index in [2.05, 4.69) is 26.0 Å². The number of ether oxygens (including phenoxy) is 1. The summed E-state index contributed by atoms with van der Waals surface area (Å²) in [6.07, 6.45) is 3.29. The van der Waals surface area contributed by atoms with Crippen LogP contribution in [0, 0.1) is 6.92 Å². The maximum Gasteiger partial charge on any atom is 0.338 e. The van der Waals surface area contributed by atoms with Gasteiger partial charge in [0.1, 0.15) is 17.3 Å². The molecule has 0 aliphatic carbocycles. The van der Waals surface area contributed by atoms with Crippen molar-refractivity contribution in [3.8, 4) is 11.3 Å². The number of aromatic nitrogens is 2. The van der Waals surface area contributed by atoms with Crippen molar-refractivity contribution in [2.45, 2.75) is 26.7 Å². The van der Waals surface area contributed by atoms with Crippen molar-refractivity contribution in [3.63, 3.8) is 0 Å². The highest BCUT2D eigenvalue weighted by molar-refractivity contribution is 9.10. The minimum atomic E-state index is -0.334. The van der Waals surface area contributed by atoms with E-state index < -0.39 is 0 Å². The van der Waals surface area contributed by atoms with Gasteiger partial charge in [-0.1, -0.05) is 41.4 Å². The van der Waals surface area contributed by atoms with Crippen LogP contribution in [0.15, 0.2) is 73.4 Å². The second-order valence-electron chi connectivity index (χ2n) is 7.45. The van der Waals surface area contributed by atoms with Gasteiger partial charge in [0, 0.05) is 10.0 Å². The van der Waals surface area contributed by atoms with Gasteiger partial charge < -0.3 is 9.15 Å². The molecule has 4 rings (SSSR count). The highest BCUT2D eigenvalue weighted by atomic mass is 79.9. The number of esters is 1. The van der Waals surface area contributed by atoms with Gasteiger partial charge in [-0.2, -0.15) is 9.78 Å². The molecule has 0 N–H and O–H groups in total. The number of aryl methyl sites for hydroxylation is 1. The summed E-state index contributed by atoms with van der Waals surface area (Å²) >= 11 is 3.38. The maximum absolute atomic E-state index is 12.8.